The lowest BCUT2D eigenvalue weighted by Crippen LogP contribution is -2.46. The fourth-order valence-corrected chi connectivity index (χ4v) is 3.37. The van der Waals surface area contributed by atoms with Crippen LogP contribution in [-0.2, 0) is 12.1 Å². The molecule has 1 unspecified atom stereocenters. The highest BCUT2D eigenvalue weighted by molar-refractivity contribution is 5.32. The predicted octanol–water partition coefficient (Wildman–Crippen LogP) is 1.47. The number of β-amino-alcohol motifs (C(OH)–C–C–N with tert-alkyl or cyclic N) is 1. The van der Waals surface area contributed by atoms with E-state index in [1.54, 1.807) is 6.20 Å². The second-order valence-electron chi connectivity index (χ2n) is 6.25. The van der Waals surface area contributed by atoms with Crippen molar-refractivity contribution in [3.05, 3.63) is 60.4 Å². The third-order valence-corrected chi connectivity index (χ3v) is 4.56. The van der Waals surface area contributed by atoms with E-state index in [1.165, 1.54) is 0 Å². The van der Waals surface area contributed by atoms with Crippen LogP contribution in [-0.4, -0.2) is 48.1 Å². The topological polar surface area (TPSA) is 82.9 Å². The maximum atomic E-state index is 10.9. The number of aromatic nitrogens is 5. The number of aromatic amines is 1. The van der Waals surface area contributed by atoms with Crippen LogP contribution in [0, 0.1) is 0 Å². The molecule has 124 valence electrons. The Labute approximate surface area is 140 Å². The largest absolute Gasteiger partial charge is 0.382 e. The molecule has 3 heterocycles. The Bertz CT molecular complexity index is 785. The summed E-state index contributed by atoms with van der Waals surface area (Å²) in [5, 5.41) is 21.4. The van der Waals surface area contributed by atoms with E-state index in [9.17, 15) is 5.11 Å². The molecule has 24 heavy (non-hydrogen) atoms. The molecular formula is C17H20N6O. The number of piperidine rings is 1. The van der Waals surface area contributed by atoms with Crippen LogP contribution in [0.15, 0.2) is 48.9 Å². The maximum Gasteiger partial charge on any atom is 0.127 e. The summed E-state index contributed by atoms with van der Waals surface area (Å²) in [5.41, 5.74) is 0.752. The first-order valence-electron chi connectivity index (χ1n) is 8.13. The zero-order valence-electron chi connectivity index (χ0n) is 13.3. The summed E-state index contributed by atoms with van der Waals surface area (Å²) in [5.74, 6) is 0.964. The van der Waals surface area contributed by atoms with Gasteiger partial charge in [0.1, 0.15) is 17.1 Å². The average Bonchev–Trinajstić information content (AvgIpc) is 3.28. The Hall–Kier alpha value is -2.51. The fraction of sp³-hybridized carbons (Fsp3) is 0.353. The van der Waals surface area contributed by atoms with Gasteiger partial charge < -0.3 is 9.67 Å². The number of aliphatic hydroxyl groups is 1. The Morgan fingerprint density at radius 1 is 1.25 bits per heavy atom. The first kappa shape index (κ1) is 15.0. The molecule has 1 aliphatic rings. The quantitative estimate of drug-likeness (QED) is 0.759. The van der Waals surface area contributed by atoms with Gasteiger partial charge in [0.05, 0.1) is 12.7 Å². The second-order valence-corrected chi connectivity index (χ2v) is 6.25. The molecule has 1 aromatic carbocycles. The van der Waals surface area contributed by atoms with Gasteiger partial charge in [0.15, 0.2) is 0 Å². The number of nitrogens with zero attached hydrogens (tertiary/aromatic N) is 5. The normalized spacial score (nSPS) is 21.9. The monoisotopic (exact) mass is 324 g/mol. The van der Waals surface area contributed by atoms with Crippen molar-refractivity contribution in [1.82, 2.24) is 29.9 Å². The van der Waals surface area contributed by atoms with Gasteiger partial charge in [-0.25, -0.2) is 4.98 Å². The Kier molecular flexibility index (Phi) is 3.87. The molecule has 0 saturated carbocycles. The molecule has 1 saturated heterocycles. The molecule has 0 aliphatic carbocycles. The fourth-order valence-electron chi connectivity index (χ4n) is 3.37. The van der Waals surface area contributed by atoms with Gasteiger partial charge in [-0.15, -0.1) is 0 Å². The van der Waals surface area contributed by atoms with E-state index in [2.05, 4.69) is 42.0 Å². The van der Waals surface area contributed by atoms with Gasteiger partial charge in [0, 0.05) is 24.6 Å². The van der Waals surface area contributed by atoms with Crippen LogP contribution in [0.5, 0.6) is 0 Å². The van der Waals surface area contributed by atoms with E-state index >= 15 is 0 Å². The van der Waals surface area contributed by atoms with E-state index in [4.69, 9.17) is 0 Å². The van der Waals surface area contributed by atoms with Crippen LogP contribution in [0.1, 0.15) is 24.4 Å². The number of hydrogen-bond donors (Lipinski definition) is 2. The van der Waals surface area contributed by atoms with Crippen molar-refractivity contribution < 1.29 is 5.11 Å². The highest BCUT2D eigenvalue weighted by Gasteiger charge is 2.37. The third kappa shape index (κ3) is 2.83. The van der Waals surface area contributed by atoms with Crippen molar-refractivity contribution in [1.29, 1.82) is 0 Å². The molecule has 0 radical (unpaired) electrons. The smallest absolute Gasteiger partial charge is 0.127 e. The number of benzene rings is 1. The second kappa shape index (κ2) is 6.18. The summed E-state index contributed by atoms with van der Waals surface area (Å²) < 4.78 is 2.09. The number of H-pyrrole nitrogens is 1. The van der Waals surface area contributed by atoms with Crippen LogP contribution >= 0.6 is 0 Å². The highest BCUT2D eigenvalue weighted by Crippen LogP contribution is 2.30. The standard InChI is InChI=1S/C17H20N6O/c24-17(15-11-19-21-20-15)7-4-9-22(13-17)12-16-18-8-10-23(16)14-5-2-1-3-6-14/h1-3,5-6,8,10-11,24H,4,7,9,12-13H2,(H,19,20,21). The number of para-hydroxylation sites is 1. The summed E-state index contributed by atoms with van der Waals surface area (Å²) in [7, 11) is 0. The molecule has 3 aromatic rings. The van der Waals surface area contributed by atoms with Crippen LogP contribution in [0.2, 0.25) is 0 Å². The van der Waals surface area contributed by atoms with Gasteiger partial charge in [-0.05, 0) is 31.5 Å². The zero-order chi connectivity index (χ0) is 16.4. The van der Waals surface area contributed by atoms with Gasteiger partial charge in [0.2, 0.25) is 0 Å². The van der Waals surface area contributed by atoms with Gasteiger partial charge in [-0.3, -0.25) is 4.90 Å². The molecule has 1 atom stereocenters. The molecule has 2 aromatic heterocycles. The van der Waals surface area contributed by atoms with E-state index < -0.39 is 5.60 Å². The number of rotatable bonds is 4. The highest BCUT2D eigenvalue weighted by atomic mass is 16.3. The molecule has 1 fully saturated rings. The van der Waals surface area contributed by atoms with Crippen LogP contribution < -0.4 is 0 Å². The Balaban J connectivity index is 1.53. The van der Waals surface area contributed by atoms with Gasteiger partial charge in [0.25, 0.3) is 0 Å². The van der Waals surface area contributed by atoms with Gasteiger partial charge >= 0.3 is 0 Å². The molecule has 0 amide bonds. The summed E-state index contributed by atoms with van der Waals surface area (Å²) in [6, 6.07) is 10.2. The van der Waals surface area contributed by atoms with Gasteiger partial charge in [-0.1, -0.05) is 18.2 Å². The number of likely N-dealkylation sites (tertiary alicyclic amines) is 1. The maximum absolute atomic E-state index is 10.9. The van der Waals surface area contributed by atoms with E-state index in [0.717, 1.165) is 24.5 Å². The van der Waals surface area contributed by atoms with E-state index in [-0.39, 0.29) is 0 Å². The minimum atomic E-state index is -0.949. The predicted molar refractivity (Wildman–Crippen MR) is 88.4 cm³/mol. The van der Waals surface area contributed by atoms with Crippen molar-refractivity contribution in [3.8, 4) is 5.69 Å². The minimum Gasteiger partial charge on any atom is -0.382 e. The minimum absolute atomic E-state index is 0.529. The van der Waals surface area contributed by atoms with Crippen molar-refractivity contribution in [3.63, 3.8) is 0 Å². The number of nitrogens with one attached hydrogen (secondary N) is 1. The number of imidazole rings is 1. The van der Waals surface area contributed by atoms with Crippen molar-refractivity contribution in [2.24, 2.45) is 0 Å². The van der Waals surface area contributed by atoms with Crippen molar-refractivity contribution in [2.45, 2.75) is 25.0 Å². The van der Waals surface area contributed by atoms with Crippen LogP contribution in [0.4, 0.5) is 0 Å². The van der Waals surface area contributed by atoms with E-state index in [1.807, 2.05) is 30.6 Å². The van der Waals surface area contributed by atoms with Crippen molar-refractivity contribution >= 4 is 0 Å². The summed E-state index contributed by atoms with van der Waals surface area (Å²) >= 11 is 0. The van der Waals surface area contributed by atoms with Crippen LogP contribution in [0.3, 0.4) is 0 Å². The SMILES string of the molecule is OC1(c2cn[nH]n2)CCCN(Cc2nccn2-c2ccccc2)C1. The molecule has 2 N–H and O–H groups in total. The Morgan fingerprint density at radius 2 is 2.12 bits per heavy atom. The molecule has 7 nitrogen and oxygen atoms in total. The molecule has 4 rings (SSSR count). The number of hydrogen-bond acceptors (Lipinski definition) is 5. The molecule has 0 bridgehead atoms. The zero-order valence-corrected chi connectivity index (χ0v) is 13.3. The van der Waals surface area contributed by atoms with Crippen molar-refractivity contribution in [2.75, 3.05) is 13.1 Å². The molecular weight excluding hydrogens is 304 g/mol. The van der Waals surface area contributed by atoms with Crippen LogP contribution in [0.25, 0.3) is 5.69 Å². The first-order valence-corrected chi connectivity index (χ1v) is 8.13. The lowest BCUT2D eigenvalue weighted by Gasteiger charge is -2.37. The Morgan fingerprint density at radius 3 is 2.92 bits per heavy atom. The lowest BCUT2D eigenvalue weighted by atomic mass is 9.90. The molecule has 7 heteroatoms. The summed E-state index contributed by atoms with van der Waals surface area (Å²) in [6.45, 7) is 2.14. The summed E-state index contributed by atoms with van der Waals surface area (Å²) in [6.07, 6.45) is 7.00. The summed E-state index contributed by atoms with van der Waals surface area (Å²) in [4.78, 5) is 6.72. The molecule has 0 spiro atoms. The van der Waals surface area contributed by atoms with E-state index in [0.29, 0.717) is 25.2 Å². The van der Waals surface area contributed by atoms with Gasteiger partial charge in [-0.2, -0.15) is 15.4 Å². The molecule has 1 aliphatic heterocycles. The first-order chi connectivity index (χ1) is 11.7. The average molecular weight is 324 g/mol. The third-order valence-electron chi connectivity index (χ3n) is 4.56. The lowest BCUT2D eigenvalue weighted by molar-refractivity contribution is -0.0421.